The van der Waals surface area contributed by atoms with Crippen molar-refractivity contribution < 1.29 is 9.53 Å². The van der Waals surface area contributed by atoms with Gasteiger partial charge in [0.1, 0.15) is 6.10 Å². The van der Waals surface area contributed by atoms with Crippen LogP contribution < -0.4 is 0 Å². The molecule has 82 valence electrons. The van der Waals surface area contributed by atoms with E-state index in [9.17, 15) is 4.79 Å². The summed E-state index contributed by atoms with van der Waals surface area (Å²) in [4.78, 5) is 11.3. The number of carbonyl (C=O) groups excluding carboxylic acids is 1. The lowest BCUT2D eigenvalue weighted by atomic mass is 10.1. The molecule has 0 aromatic heterocycles. The molecule has 0 N–H and O–H groups in total. The van der Waals surface area contributed by atoms with Crippen molar-refractivity contribution in [2.75, 3.05) is 0 Å². The minimum Gasteiger partial charge on any atom is -0.458 e. The summed E-state index contributed by atoms with van der Waals surface area (Å²) in [5.41, 5.74) is 0.851. The molecule has 15 heavy (non-hydrogen) atoms. The van der Waals surface area contributed by atoms with E-state index in [4.69, 9.17) is 16.3 Å². The Morgan fingerprint density at radius 2 is 2.13 bits per heavy atom. The van der Waals surface area contributed by atoms with Gasteiger partial charge in [-0.3, -0.25) is 4.79 Å². The molecule has 0 aliphatic rings. The van der Waals surface area contributed by atoms with Gasteiger partial charge in [0.2, 0.25) is 0 Å². The lowest BCUT2D eigenvalue weighted by molar-refractivity contribution is -0.148. The van der Waals surface area contributed by atoms with Gasteiger partial charge in [-0.1, -0.05) is 36.7 Å². The summed E-state index contributed by atoms with van der Waals surface area (Å²) in [6.07, 6.45) is 0.973. The zero-order valence-electron chi connectivity index (χ0n) is 9.00. The van der Waals surface area contributed by atoms with Crippen molar-refractivity contribution in [2.24, 2.45) is 0 Å². The van der Waals surface area contributed by atoms with Crippen LogP contribution in [0.25, 0.3) is 0 Å². The van der Waals surface area contributed by atoms with Crippen molar-refractivity contribution in [1.82, 2.24) is 0 Å². The van der Waals surface area contributed by atoms with Gasteiger partial charge < -0.3 is 4.74 Å². The Bertz CT molecular complexity index is 336. The number of benzene rings is 1. The maximum atomic E-state index is 11.3. The second-order valence-electron chi connectivity index (χ2n) is 3.40. The predicted molar refractivity (Wildman–Crippen MR) is 60.9 cm³/mol. The smallest absolute Gasteiger partial charge is 0.306 e. The Labute approximate surface area is 95.2 Å². The van der Waals surface area contributed by atoms with Gasteiger partial charge in [0.25, 0.3) is 0 Å². The summed E-state index contributed by atoms with van der Waals surface area (Å²) >= 11 is 5.99. The van der Waals surface area contributed by atoms with Crippen LogP contribution in [0.1, 0.15) is 38.4 Å². The molecule has 1 aromatic carbocycles. The topological polar surface area (TPSA) is 26.3 Å². The Hall–Kier alpha value is -1.02. The maximum absolute atomic E-state index is 11.3. The molecule has 0 aliphatic heterocycles. The van der Waals surface area contributed by atoms with Crippen LogP contribution in [-0.4, -0.2) is 5.97 Å². The van der Waals surface area contributed by atoms with Crippen LogP contribution in [0.4, 0.5) is 0 Å². The Balaban J connectivity index is 2.65. The van der Waals surface area contributed by atoms with Crippen LogP contribution >= 0.6 is 11.6 Å². The summed E-state index contributed by atoms with van der Waals surface area (Å²) in [6.45, 7) is 3.77. The standard InChI is InChI=1S/C12H15ClO2/c1-3-6-12(14)15-9(2)10-7-4-5-8-11(10)13/h4-5,7-9H,3,6H2,1-2H3/t9-/m1/s1. The third kappa shape index (κ3) is 3.56. The Morgan fingerprint density at radius 1 is 1.47 bits per heavy atom. The van der Waals surface area contributed by atoms with Crippen LogP contribution in [0.5, 0.6) is 0 Å². The molecule has 3 heteroatoms. The molecule has 0 spiro atoms. The van der Waals surface area contributed by atoms with Crippen molar-refractivity contribution in [3.63, 3.8) is 0 Å². The SMILES string of the molecule is CCCC(=O)O[C@H](C)c1ccccc1Cl. The number of ether oxygens (including phenoxy) is 1. The van der Waals surface area contributed by atoms with E-state index in [0.717, 1.165) is 12.0 Å². The van der Waals surface area contributed by atoms with Gasteiger partial charge in [-0.25, -0.2) is 0 Å². The number of hydrogen-bond donors (Lipinski definition) is 0. The fourth-order valence-electron chi connectivity index (χ4n) is 1.33. The normalized spacial score (nSPS) is 12.2. The van der Waals surface area contributed by atoms with Crippen molar-refractivity contribution in [3.05, 3.63) is 34.9 Å². The second-order valence-corrected chi connectivity index (χ2v) is 3.81. The average molecular weight is 227 g/mol. The van der Waals surface area contributed by atoms with Gasteiger partial charge in [0.15, 0.2) is 0 Å². The first-order valence-electron chi connectivity index (χ1n) is 5.09. The molecular formula is C12H15ClO2. The third-order valence-electron chi connectivity index (χ3n) is 2.11. The minimum absolute atomic E-state index is 0.176. The summed E-state index contributed by atoms with van der Waals surface area (Å²) in [7, 11) is 0. The van der Waals surface area contributed by atoms with Crippen LogP contribution in [0.15, 0.2) is 24.3 Å². The largest absolute Gasteiger partial charge is 0.458 e. The molecular weight excluding hydrogens is 212 g/mol. The highest BCUT2D eigenvalue weighted by molar-refractivity contribution is 6.31. The summed E-state index contributed by atoms with van der Waals surface area (Å²) in [5, 5.41) is 0.634. The molecule has 0 fully saturated rings. The zero-order chi connectivity index (χ0) is 11.3. The van der Waals surface area contributed by atoms with Crippen molar-refractivity contribution >= 4 is 17.6 Å². The van der Waals surface area contributed by atoms with E-state index in [1.165, 1.54) is 0 Å². The van der Waals surface area contributed by atoms with Gasteiger partial charge in [-0.15, -0.1) is 0 Å². The minimum atomic E-state index is -0.280. The lowest BCUT2D eigenvalue weighted by Gasteiger charge is -2.14. The summed E-state index contributed by atoms with van der Waals surface area (Å²) in [5.74, 6) is -0.176. The molecule has 0 bridgehead atoms. The van der Waals surface area contributed by atoms with Gasteiger partial charge in [0.05, 0.1) is 0 Å². The van der Waals surface area contributed by atoms with Gasteiger partial charge >= 0.3 is 5.97 Å². The number of rotatable bonds is 4. The number of esters is 1. The molecule has 0 saturated carbocycles. The highest BCUT2D eigenvalue weighted by Crippen LogP contribution is 2.25. The number of carbonyl (C=O) groups is 1. The van der Waals surface area contributed by atoms with E-state index >= 15 is 0 Å². The van der Waals surface area contributed by atoms with Gasteiger partial charge in [-0.05, 0) is 19.4 Å². The molecule has 0 radical (unpaired) electrons. The van der Waals surface area contributed by atoms with E-state index in [-0.39, 0.29) is 12.1 Å². The first-order chi connectivity index (χ1) is 7.15. The fourth-order valence-corrected chi connectivity index (χ4v) is 1.62. The Kier molecular flexibility index (Phi) is 4.63. The van der Waals surface area contributed by atoms with Crippen molar-refractivity contribution in [3.8, 4) is 0 Å². The van der Waals surface area contributed by atoms with E-state index in [1.54, 1.807) is 6.07 Å². The average Bonchev–Trinajstić information content (AvgIpc) is 2.18. The van der Waals surface area contributed by atoms with Gasteiger partial charge in [0, 0.05) is 17.0 Å². The van der Waals surface area contributed by atoms with E-state index in [2.05, 4.69) is 0 Å². The first-order valence-corrected chi connectivity index (χ1v) is 5.46. The summed E-state index contributed by atoms with van der Waals surface area (Å²) in [6, 6.07) is 7.39. The highest BCUT2D eigenvalue weighted by atomic mass is 35.5. The molecule has 0 aliphatic carbocycles. The van der Waals surface area contributed by atoms with Crippen LogP contribution in [-0.2, 0) is 9.53 Å². The van der Waals surface area contributed by atoms with Crippen LogP contribution in [0.3, 0.4) is 0 Å². The van der Waals surface area contributed by atoms with Crippen LogP contribution in [0.2, 0.25) is 5.02 Å². The molecule has 0 unspecified atom stereocenters. The van der Waals surface area contributed by atoms with Crippen molar-refractivity contribution in [2.45, 2.75) is 32.8 Å². The first kappa shape index (κ1) is 12.1. The molecule has 0 saturated heterocycles. The lowest BCUT2D eigenvalue weighted by Crippen LogP contribution is -2.08. The summed E-state index contributed by atoms with van der Waals surface area (Å²) < 4.78 is 5.23. The highest BCUT2D eigenvalue weighted by Gasteiger charge is 2.13. The molecule has 2 nitrogen and oxygen atoms in total. The van der Waals surface area contributed by atoms with Gasteiger partial charge in [-0.2, -0.15) is 0 Å². The fraction of sp³-hybridized carbons (Fsp3) is 0.417. The number of hydrogen-bond acceptors (Lipinski definition) is 2. The van der Waals surface area contributed by atoms with Crippen molar-refractivity contribution in [1.29, 1.82) is 0 Å². The van der Waals surface area contributed by atoms with E-state index < -0.39 is 0 Å². The number of halogens is 1. The Morgan fingerprint density at radius 3 is 2.73 bits per heavy atom. The van der Waals surface area contributed by atoms with E-state index in [1.807, 2.05) is 32.0 Å². The third-order valence-corrected chi connectivity index (χ3v) is 2.45. The second kappa shape index (κ2) is 5.76. The molecule has 0 amide bonds. The molecule has 1 rings (SSSR count). The zero-order valence-corrected chi connectivity index (χ0v) is 9.75. The van der Waals surface area contributed by atoms with E-state index in [0.29, 0.717) is 11.4 Å². The molecule has 1 aromatic rings. The predicted octanol–water partition coefficient (Wildman–Crippen LogP) is 3.74. The quantitative estimate of drug-likeness (QED) is 0.731. The molecule has 1 atom stereocenters. The maximum Gasteiger partial charge on any atom is 0.306 e. The van der Waals surface area contributed by atoms with Crippen LogP contribution in [0, 0.1) is 0 Å². The molecule has 0 heterocycles. The monoisotopic (exact) mass is 226 g/mol.